The van der Waals surface area contributed by atoms with Crippen molar-refractivity contribution in [1.29, 1.82) is 0 Å². The Labute approximate surface area is 153 Å². The van der Waals surface area contributed by atoms with Gasteiger partial charge in [0.25, 0.3) is 5.91 Å². The van der Waals surface area contributed by atoms with Gasteiger partial charge in [0.2, 0.25) is 5.91 Å². The van der Waals surface area contributed by atoms with E-state index in [-0.39, 0.29) is 17.9 Å². The van der Waals surface area contributed by atoms with E-state index in [2.05, 4.69) is 10.2 Å². The lowest BCUT2D eigenvalue weighted by atomic mass is 9.97. The van der Waals surface area contributed by atoms with E-state index >= 15 is 0 Å². The molecule has 2 aromatic rings. The van der Waals surface area contributed by atoms with Gasteiger partial charge in [-0.15, -0.1) is 0 Å². The van der Waals surface area contributed by atoms with E-state index in [9.17, 15) is 9.59 Å². The predicted molar refractivity (Wildman–Crippen MR) is 96.7 cm³/mol. The van der Waals surface area contributed by atoms with E-state index in [0.717, 1.165) is 17.0 Å². The van der Waals surface area contributed by atoms with Crippen molar-refractivity contribution in [2.45, 2.75) is 39.3 Å². The summed E-state index contributed by atoms with van der Waals surface area (Å²) in [6.45, 7) is 6.41. The summed E-state index contributed by atoms with van der Waals surface area (Å²) in [7, 11) is 5.28. The molecule has 2 amide bonds. The summed E-state index contributed by atoms with van der Waals surface area (Å²) in [5.41, 5.74) is 3.17. The maximum absolute atomic E-state index is 13.3. The van der Waals surface area contributed by atoms with Crippen LogP contribution in [0.2, 0.25) is 0 Å². The van der Waals surface area contributed by atoms with Gasteiger partial charge >= 0.3 is 0 Å². The molecule has 1 aliphatic heterocycles. The molecule has 1 aliphatic rings. The Morgan fingerprint density at radius 3 is 2.50 bits per heavy atom. The third-order valence-electron chi connectivity index (χ3n) is 4.99. The molecule has 0 spiro atoms. The third kappa shape index (κ3) is 2.79. The monoisotopic (exact) mass is 358 g/mol. The minimum Gasteiger partial charge on any atom is -0.347 e. The molecule has 0 radical (unpaired) electrons. The van der Waals surface area contributed by atoms with Gasteiger partial charge in [-0.05, 0) is 20.8 Å². The van der Waals surface area contributed by atoms with Crippen LogP contribution < -0.4 is 0 Å². The largest absolute Gasteiger partial charge is 0.347 e. The molecule has 0 aliphatic carbocycles. The van der Waals surface area contributed by atoms with Crippen LogP contribution in [-0.2, 0) is 18.3 Å². The van der Waals surface area contributed by atoms with Crippen LogP contribution in [0.25, 0.3) is 0 Å². The summed E-state index contributed by atoms with van der Waals surface area (Å²) in [5.74, 6) is -0.287. The van der Waals surface area contributed by atoms with Gasteiger partial charge in [-0.3, -0.25) is 19.0 Å². The predicted octanol–water partition coefficient (Wildman–Crippen LogP) is 1.33. The van der Waals surface area contributed by atoms with Gasteiger partial charge in [-0.2, -0.15) is 10.2 Å². The first-order valence-electron chi connectivity index (χ1n) is 8.81. The minimum atomic E-state index is -0.656. The van der Waals surface area contributed by atoms with Crippen LogP contribution in [0.3, 0.4) is 0 Å². The van der Waals surface area contributed by atoms with Crippen molar-refractivity contribution < 1.29 is 9.59 Å². The third-order valence-corrected chi connectivity index (χ3v) is 4.99. The zero-order valence-electron chi connectivity index (χ0n) is 16.2. The molecule has 0 N–H and O–H groups in total. The van der Waals surface area contributed by atoms with Gasteiger partial charge in [0.05, 0.1) is 18.0 Å². The Morgan fingerprint density at radius 2 is 1.92 bits per heavy atom. The van der Waals surface area contributed by atoms with Crippen LogP contribution in [-0.4, -0.2) is 61.8 Å². The molecule has 0 saturated carbocycles. The number of carbonyl (C=O) groups excluding carboxylic acids is 2. The highest BCUT2D eigenvalue weighted by Crippen LogP contribution is 2.32. The average Bonchev–Trinajstić information content (AvgIpc) is 3.16. The Morgan fingerprint density at radius 1 is 1.23 bits per heavy atom. The first-order valence-corrected chi connectivity index (χ1v) is 8.81. The van der Waals surface area contributed by atoms with Gasteiger partial charge in [-0.25, -0.2) is 0 Å². The van der Waals surface area contributed by atoms with E-state index in [1.165, 1.54) is 4.90 Å². The van der Waals surface area contributed by atoms with Crippen LogP contribution in [0.1, 0.15) is 53.2 Å². The molecule has 3 rings (SSSR count). The van der Waals surface area contributed by atoms with Crippen molar-refractivity contribution in [3.05, 3.63) is 34.9 Å². The Hall–Kier alpha value is -2.64. The molecule has 3 heterocycles. The van der Waals surface area contributed by atoms with Gasteiger partial charge < -0.3 is 9.80 Å². The van der Waals surface area contributed by atoms with E-state index in [0.29, 0.717) is 18.5 Å². The molecule has 1 atom stereocenters. The zero-order chi connectivity index (χ0) is 19.2. The van der Waals surface area contributed by atoms with Crippen molar-refractivity contribution >= 4 is 11.8 Å². The second kappa shape index (κ2) is 6.59. The molecule has 0 fully saturated rings. The molecule has 1 unspecified atom stereocenters. The number of carbonyl (C=O) groups is 2. The molecule has 2 aromatic heterocycles. The number of amides is 2. The Balaban J connectivity index is 2.03. The fraction of sp³-hybridized carbons (Fsp3) is 0.556. The lowest BCUT2D eigenvalue weighted by Gasteiger charge is -2.36. The van der Waals surface area contributed by atoms with Crippen molar-refractivity contribution in [2.24, 2.45) is 7.05 Å². The van der Waals surface area contributed by atoms with E-state index in [4.69, 9.17) is 0 Å². The Kier molecular flexibility index (Phi) is 4.60. The number of aryl methyl sites for hydroxylation is 1. The second-order valence-corrected chi connectivity index (χ2v) is 7.24. The van der Waals surface area contributed by atoms with Gasteiger partial charge in [-0.1, -0.05) is 0 Å². The topological polar surface area (TPSA) is 76.3 Å². The number of nitrogens with zero attached hydrogens (tertiary/aromatic N) is 6. The average molecular weight is 358 g/mol. The summed E-state index contributed by atoms with van der Waals surface area (Å²) >= 11 is 0. The first-order chi connectivity index (χ1) is 12.2. The molecule has 26 heavy (non-hydrogen) atoms. The second-order valence-electron chi connectivity index (χ2n) is 7.24. The Bertz CT molecular complexity index is 848. The minimum absolute atomic E-state index is 0.124. The molecule has 8 nitrogen and oxygen atoms in total. The van der Waals surface area contributed by atoms with E-state index in [1.54, 1.807) is 36.1 Å². The van der Waals surface area contributed by atoms with Crippen molar-refractivity contribution in [2.75, 3.05) is 20.6 Å². The van der Waals surface area contributed by atoms with Crippen molar-refractivity contribution in [3.63, 3.8) is 0 Å². The van der Waals surface area contributed by atoms with Crippen LogP contribution in [0.4, 0.5) is 0 Å². The fourth-order valence-corrected chi connectivity index (χ4v) is 3.58. The molecular weight excluding hydrogens is 332 g/mol. The number of hydrogen-bond donors (Lipinski definition) is 0. The van der Waals surface area contributed by atoms with Gasteiger partial charge in [0, 0.05) is 57.1 Å². The van der Waals surface area contributed by atoms with E-state index in [1.807, 2.05) is 32.5 Å². The smallest absolute Gasteiger partial charge is 0.258 e. The molecule has 140 valence electrons. The zero-order valence-corrected chi connectivity index (χ0v) is 16.2. The van der Waals surface area contributed by atoms with Crippen LogP contribution >= 0.6 is 0 Å². The van der Waals surface area contributed by atoms with Crippen molar-refractivity contribution in [1.82, 2.24) is 29.4 Å². The normalized spacial score (nSPS) is 16.7. The summed E-state index contributed by atoms with van der Waals surface area (Å²) in [4.78, 5) is 29.4. The highest BCUT2D eigenvalue weighted by molar-refractivity contribution is 5.98. The summed E-state index contributed by atoms with van der Waals surface area (Å²) in [6, 6.07) is -0.487. The van der Waals surface area contributed by atoms with Gasteiger partial charge in [0.15, 0.2) is 0 Å². The number of likely N-dealkylation sites (N-methyl/N-ethyl adjacent to an activating group) is 1. The maximum Gasteiger partial charge on any atom is 0.258 e. The standard InChI is InChI=1S/C18H26N6O2/c1-11(2)24-12(3)13(9-20-24)17(25)23-8-7-15-14(10-19-22(15)6)16(23)18(26)21(4)5/h9-11,16H,7-8H2,1-6H3. The summed E-state index contributed by atoms with van der Waals surface area (Å²) in [6.07, 6.45) is 3.98. The fourth-order valence-electron chi connectivity index (χ4n) is 3.58. The highest BCUT2D eigenvalue weighted by Gasteiger charge is 2.39. The number of fused-ring (bicyclic) bond motifs is 1. The SMILES string of the molecule is Cc1c(C(=O)N2CCc3c(cnn3C)C2C(=O)N(C)C)cnn1C(C)C. The first kappa shape index (κ1) is 18.2. The van der Waals surface area contributed by atoms with Crippen LogP contribution in [0, 0.1) is 6.92 Å². The molecule has 0 aromatic carbocycles. The van der Waals surface area contributed by atoms with Crippen LogP contribution in [0.5, 0.6) is 0 Å². The molecule has 0 bridgehead atoms. The molecule has 0 saturated heterocycles. The number of aromatic nitrogens is 4. The summed E-state index contributed by atoms with van der Waals surface area (Å²) in [5, 5.41) is 8.64. The highest BCUT2D eigenvalue weighted by atomic mass is 16.2. The van der Waals surface area contributed by atoms with Crippen LogP contribution in [0.15, 0.2) is 12.4 Å². The quantitative estimate of drug-likeness (QED) is 0.830. The van der Waals surface area contributed by atoms with Gasteiger partial charge in [0.1, 0.15) is 6.04 Å². The molecule has 8 heteroatoms. The van der Waals surface area contributed by atoms with E-state index < -0.39 is 6.04 Å². The number of rotatable bonds is 3. The lowest BCUT2D eigenvalue weighted by Crippen LogP contribution is -2.47. The number of hydrogen-bond acceptors (Lipinski definition) is 4. The van der Waals surface area contributed by atoms with Crippen molar-refractivity contribution in [3.8, 4) is 0 Å². The molecular formula is C18H26N6O2. The summed E-state index contributed by atoms with van der Waals surface area (Å²) < 4.78 is 3.62. The maximum atomic E-state index is 13.3. The lowest BCUT2D eigenvalue weighted by molar-refractivity contribution is -0.134.